The first-order valence-electron chi connectivity index (χ1n) is 13.2. The fourth-order valence-corrected chi connectivity index (χ4v) is 4.73. The molecule has 0 amide bonds. The summed E-state index contributed by atoms with van der Waals surface area (Å²) in [4.78, 5) is 11.3. The van der Waals surface area contributed by atoms with Crippen LogP contribution in [0, 0.1) is 5.82 Å². The van der Waals surface area contributed by atoms with Gasteiger partial charge in [0.05, 0.1) is 20.1 Å². The Morgan fingerprint density at radius 3 is 2.68 bits per heavy atom. The van der Waals surface area contributed by atoms with Gasteiger partial charge in [0.2, 0.25) is 0 Å². The van der Waals surface area contributed by atoms with Crippen LogP contribution in [0.5, 0.6) is 17.2 Å². The van der Waals surface area contributed by atoms with Crippen LogP contribution in [-0.4, -0.2) is 31.1 Å². The first-order valence-corrected chi connectivity index (χ1v) is 13.2. The van der Waals surface area contributed by atoms with Crippen molar-refractivity contribution in [2.24, 2.45) is 0 Å². The Kier molecular flexibility index (Phi) is 9.60. The molecule has 3 aromatic carbocycles. The molecule has 0 bridgehead atoms. The number of hydrogen-bond acceptors (Lipinski definition) is 5. The Balaban J connectivity index is 1.57. The zero-order chi connectivity index (χ0) is 26.9. The molecule has 7 heteroatoms. The van der Waals surface area contributed by atoms with Gasteiger partial charge in [0.15, 0.2) is 6.29 Å². The minimum Gasteiger partial charge on any atom is -0.497 e. The highest BCUT2D eigenvalue weighted by Gasteiger charge is 2.20. The van der Waals surface area contributed by atoms with E-state index in [9.17, 15) is 14.3 Å². The van der Waals surface area contributed by atoms with E-state index in [0.717, 1.165) is 43.2 Å². The van der Waals surface area contributed by atoms with Crippen molar-refractivity contribution in [1.82, 2.24) is 0 Å². The molecule has 1 heterocycles. The van der Waals surface area contributed by atoms with Crippen molar-refractivity contribution in [2.45, 2.75) is 64.3 Å². The lowest BCUT2D eigenvalue weighted by atomic mass is 9.91. The molecule has 0 aromatic heterocycles. The lowest BCUT2D eigenvalue weighted by Crippen LogP contribution is -2.25. The molecule has 4 rings (SSSR count). The molecule has 38 heavy (non-hydrogen) atoms. The highest BCUT2D eigenvalue weighted by molar-refractivity contribution is 5.73. The van der Waals surface area contributed by atoms with Crippen molar-refractivity contribution in [2.75, 3.05) is 13.7 Å². The number of benzene rings is 3. The Labute approximate surface area is 223 Å². The molecule has 0 saturated carbocycles. The maximum atomic E-state index is 14.9. The third-order valence-electron chi connectivity index (χ3n) is 6.70. The molecule has 0 spiro atoms. The number of aliphatic carboxylic acids is 1. The van der Waals surface area contributed by atoms with E-state index in [0.29, 0.717) is 35.0 Å². The Bertz CT molecular complexity index is 1220. The number of carbonyl (C=O) groups is 1. The Hall–Kier alpha value is -3.58. The fraction of sp³-hybridized carbons (Fsp3) is 0.387. The number of rotatable bonds is 12. The molecular formula is C31H35FO6. The highest BCUT2D eigenvalue weighted by Crippen LogP contribution is 2.37. The quantitative estimate of drug-likeness (QED) is 0.268. The van der Waals surface area contributed by atoms with Crippen LogP contribution >= 0.6 is 0 Å². The topological polar surface area (TPSA) is 74.2 Å². The number of halogens is 1. The van der Waals surface area contributed by atoms with Gasteiger partial charge >= 0.3 is 5.97 Å². The SMILES string of the molecule is CCC[C@H](CC(=O)O)c1cccc(OCc2ccc(-c3cc(OC)ccc3F)c(OC3CCCCO3)c2)c1. The van der Waals surface area contributed by atoms with Gasteiger partial charge < -0.3 is 24.1 Å². The number of carboxylic acid groups (broad SMARTS) is 1. The van der Waals surface area contributed by atoms with E-state index in [-0.39, 0.29) is 24.8 Å². The van der Waals surface area contributed by atoms with Gasteiger partial charge in [-0.2, -0.15) is 0 Å². The molecular weight excluding hydrogens is 487 g/mol. The summed E-state index contributed by atoms with van der Waals surface area (Å²) in [5.41, 5.74) is 2.80. The van der Waals surface area contributed by atoms with Crippen LogP contribution in [0.2, 0.25) is 0 Å². The van der Waals surface area contributed by atoms with Crippen LogP contribution in [-0.2, 0) is 16.1 Å². The molecule has 1 unspecified atom stereocenters. The molecule has 3 aromatic rings. The van der Waals surface area contributed by atoms with Crippen molar-refractivity contribution >= 4 is 5.97 Å². The summed E-state index contributed by atoms with van der Waals surface area (Å²) in [6.45, 7) is 2.95. The largest absolute Gasteiger partial charge is 0.497 e. The average molecular weight is 523 g/mol. The summed E-state index contributed by atoms with van der Waals surface area (Å²) < 4.78 is 38.3. The standard InChI is InChI=1S/C31H35FO6/c1-3-7-22(18-30(33)34)23-8-6-9-25(17-23)37-20-21-11-13-26(27-19-24(35-2)12-14-28(27)32)29(16-21)38-31-10-4-5-15-36-31/h6,8-9,11-14,16-17,19,22,31H,3-5,7,10,15,18,20H2,1-2H3,(H,33,34)/t22-,31?/m1/s1. The van der Waals surface area contributed by atoms with Crippen molar-refractivity contribution in [1.29, 1.82) is 0 Å². The van der Waals surface area contributed by atoms with Gasteiger partial charge in [-0.25, -0.2) is 4.39 Å². The van der Waals surface area contributed by atoms with Gasteiger partial charge in [-0.1, -0.05) is 37.6 Å². The molecule has 0 aliphatic carbocycles. The van der Waals surface area contributed by atoms with E-state index in [1.807, 2.05) is 49.4 Å². The summed E-state index contributed by atoms with van der Waals surface area (Å²) in [7, 11) is 1.55. The average Bonchev–Trinajstić information content (AvgIpc) is 2.93. The van der Waals surface area contributed by atoms with Crippen molar-refractivity contribution in [3.05, 3.63) is 77.6 Å². The summed E-state index contributed by atoms with van der Waals surface area (Å²) in [5.74, 6) is 0.491. The molecule has 1 N–H and O–H groups in total. The second-order valence-corrected chi connectivity index (χ2v) is 9.53. The minimum absolute atomic E-state index is 0.0615. The van der Waals surface area contributed by atoms with Gasteiger partial charge in [0.1, 0.15) is 29.7 Å². The van der Waals surface area contributed by atoms with Crippen LogP contribution in [0.3, 0.4) is 0 Å². The second kappa shape index (κ2) is 13.3. The van der Waals surface area contributed by atoms with Crippen LogP contribution in [0.1, 0.15) is 62.5 Å². The predicted molar refractivity (Wildman–Crippen MR) is 143 cm³/mol. The second-order valence-electron chi connectivity index (χ2n) is 9.53. The molecule has 202 valence electrons. The number of methoxy groups -OCH3 is 1. The summed E-state index contributed by atoms with van der Waals surface area (Å²) in [5, 5.41) is 9.31. The van der Waals surface area contributed by atoms with E-state index < -0.39 is 12.3 Å². The van der Waals surface area contributed by atoms with Gasteiger partial charge in [0.25, 0.3) is 0 Å². The van der Waals surface area contributed by atoms with Crippen LogP contribution < -0.4 is 14.2 Å². The monoisotopic (exact) mass is 522 g/mol. The molecule has 0 radical (unpaired) electrons. The zero-order valence-corrected chi connectivity index (χ0v) is 22.0. The fourth-order valence-electron chi connectivity index (χ4n) is 4.73. The van der Waals surface area contributed by atoms with Crippen LogP contribution in [0.15, 0.2) is 60.7 Å². The maximum absolute atomic E-state index is 14.9. The Morgan fingerprint density at radius 1 is 1.08 bits per heavy atom. The van der Waals surface area contributed by atoms with E-state index in [2.05, 4.69) is 0 Å². The van der Waals surface area contributed by atoms with E-state index in [4.69, 9.17) is 18.9 Å². The summed E-state index contributed by atoms with van der Waals surface area (Å²) in [6, 6.07) is 17.8. The molecule has 1 saturated heterocycles. The first-order chi connectivity index (χ1) is 18.5. The number of carboxylic acids is 1. The van der Waals surface area contributed by atoms with E-state index in [1.54, 1.807) is 19.2 Å². The lowest BCUT2D eigenvalue weighted by Gasteiger charge is -2.25. The zero-order valence-electron chi connectivity index (χ0n) is 22.0. The normalized spacial score (nSPS) is 16.0. The van der Waals surface area contributed by atoms with Crippen molar-refractivity contribution < 1.29 is 33.2 Å². The third kappa shape index (κ3) is 7.25. The molecule has 1 fully saturated rings. The van der Waals surface area contributed by atoms with E-state index >= 15 is 0 Å². The molecule has 2 atom stereocenters. The molecule has 1 aliphatic heterocycles. The van der Waals surface area contributed by atoms with Gasteiger partial charge in [0, 0.05) is 17.5 Å². The summed E-state index contributed by atoms with van der Waals surface area (Å²) in [6.07, 6.45) is 4.16. The van der Waals surface area contributed by atoms with Crippen LogP contribution in [0.25, 0.3) is 11.1 Å². The molecule has 6 nitrogen and oxygen atoms in total. The predicted octanol–water partition coefficient (Wildman–Crippen LogP) is 7.34. The smallest absolute Gasteiger partial charge is 0.303 e. The van der Waals surface area contributed by atoms with E-state index in [1.165, 1.54) is 6.07 Å². The summed E-state index contributed by atoms with van der Waals surface area (Å²) >= 11 is 0. The van der Waals surface area contributed by atoms with Crippen LogP contribution in [0.4, 0.5) is 4.39 Å². The number of ether oxygens (including phenoxy) is 4. The highest BCUT2D eigenvalue weighted by atomic mass is 19.1. The minimum atomic E-state index is -0.809. The lowest BCUT2D eigenvalue weighted by molar-refractivity contribution is -0.137. The van der Waals surface area contributed by atoms with Gasteiger partial charge in [-0.05, 0) is 72.7 Å². The van der Waals surface area contributed by atoms with Crippen molar-refractivity contribution in [3.8, 4) is 28.4 Å². The maximum Gasteiger partial charge on any atom is 0.303 e. The van der Waals surface area contributed by atoms with Gasteiger partial charge in [-0.15, -0.1) is 0 Å². The number of hydrogen-bond donors (Lipinski definition) is 1. The first kappa shape index (κ1) is 27.5. The molecule has 1 aliphatic rings. The van der Waals surface area contributed by atoms with Gasteiger partial charge in [-0.3, -0.25) is 4.79 Å². The third-order valence-corrected chi connectivity index (χ3v) is 6.70. The van der Waals surface area contributed by atoms with Crippen molar-refractivity contribution in [3.63, 3.8) is 0 Å². The Morgan fingerprint density at radius 2 is 1.95 bits per heavy atom.